The average molecular weight is 183 g/mol. The highest BCUT2D eigenvalue weighted by atomic mass is 16.3. The minimum atomic E-state index is -1.16. The molecule has 0 saturated carbocycles. The first-order valence-corrected chi connectivity index (χ1v) is 4.45. The lowest BCUT2D eigenvalue weighted by molar-refractivity contribution is 0.0685. The molecule has 0 aromatic rings. The van der Waals surface area contributed by atoms with Gasteiger partial charge in [-0.25, -0.2) is 0 Å². The van der Waals surface area contributed by atoms with Gasteiger partial charge in [0.1, 0.15) is 5.72 Å². The van der Waals surface area contributed by atoms with Crippen molar-refractivity contribution in [3.8, 4) is 0 Å². The highest BCUT2D eigenvalue weighted by Crippen LogP contribution is 2.11. The van der Waals surface area contributed by atoms with Gasteiger partial charge in [0, 0.05) is 6.42 Å². The van der Waals surface area contributed by atoms with Gasteiger partial charge < -0.3 is 10.8 Å². The predicted octanol–water partition coefficient (Wildman–Crippen LogP) is 2.37. The van der Waals surface area contributed by atoms with Crippen molar-refractivity contribution in [2.24, 2.45) is 5.73 Å². The molecule has 76 valence electrons. The van der Waals surface area contributed by atoms with Crippen LogP contribution in [0.4, 0.5) is 0 Å². The summed E-state index contributed by atoms with van der Waals surface area (Å²) in [6.07, 6.45) is 5.46. The molecule has 0 amide bonds. The van der Waals surface area contributed by atoms with E-state index in [0.29, 0.717) is 6.42 Å². The Labute approximate surface area is 81.5 Å². The summed E-state index contributed by atoms with van der Waals surface area (Å²) in [6, 6.07) is 0. The van der Waals surface area contributed by atoms with Crippen LogP contribution in [0.2, 0.25) is 0 Å². The summed E-state index contributed by atoms with van der Waals surface area (Å²) in [5.41, 5.74) is 5.09. The average Bonchev–Trinajstić information content (AvgIpc) is 2.05. The van der Waals surface area contributed by atoms with Gasteiger partial charge in [0.25, 0.3) is 0 Å². The van der Waals surface area contributed by atoms with Crippen molar-refractivity contribution in [1.82, 2.24) is 0 Å². The summed E-state index contributed by atoms with van der Waals surface area (Å²) in [4.78, 5) is 0. The number of rotatable bonds is 4. The minimum Gasteiger partial charge on any atom is -0.376 e. The maximum absolute atomic E-state index is 9.20. The highest BCUT2D eigenvalue weighted by molar-refractivity contribution is 5.22. The fourth-order valence-corrected chi connectivity index (χ4v) is 0.764. The Balaban J connectivity index is 0. The lowest BCUT2D eigenvalue weighted by atomic mass is 10.1. The second-order valence-corrected chi connectivity index (χ2v) is 2.72. The molecule has 0 aliphatic carbocycles. The highest BCUT2D eigenvalue weighted by Gasteiger charge is 2.13. The van der Waals surface area contributed by atoms with Crippen LogP contribution >= 0.6 is 0 Å². The van der Waals surface area contributed by atoms with Crippen LogP contribution in [-0.4, -0.2) is 10.8 Å². The second-order valence-electron chi connectivity index (χ2n) is 2.72. The first-order chi connectivity index (χ1) is 5.99. The van der Waals surface area contributed by atoms with Crippen LogP contribution in [0.15, 0.2) is 37.0 Å². The molecule has 0 heterocycles. The van der Waals surface area contributed by atoms with E-state index >= 15 is 0 Å². The molecule has 1 unspecified atom stereocenters. The van der Waals surface area contributed by atoms with E-state index in [4.69, 9.17) is 5.73 Å². The first kappa shape index (κ1) is 14.7. The third kappa shape index (κ3) is 11.1. The number of hydrogen-bond acceptors (Lipinski definition) is 2. The van der Waals surface area contributed by atoms with Gasteiger partial charge in [0.15, 0.2) is 0 Å². The standard InChI is InChI=1S/C9H15NO.C2H6/c1-4-6-8(5-2)7-9(3,10)11;1-2/h4-6,11H,1-2,7,10H2,3H3;1-2H3/b8-6+;. The predicted molar refractivity (Wildman–Crippen MR) is 59.3 cm³/mol. The van der Waals surface area contributed by atoms with Crippen molar-refractivity contribution < 1.29 is 5.11 Å². The zero-order valence-electron chi connectivity index (χ0n) is 8.88. The molecule has 0 fully saturated rings. The Morgan fingerprint density at radius 2 is 1.92 bits per heavy atom. The van der Waals surface area contributed by atoms with E-state index in [-0.39, 0.29) is 0 Å². The number of allylic oxidation sites excluding steroid dienone is 3. The van der Waals surface area contributed by atoms with Crippen molar-refractivity contribution in [3.63, 3.8) is 0 Å². The lowest BCUT2D eigenvalue weighted by Crippen LogP contribution is -2.35. The quantitative estimate of drug-likeness (QED) is 0.519. The Kier molecular flexibility index (Phi) is 8.76. The molecule has 0 aliphatic heterocycles. The molecule has 13 heavy (non-hydrogen) atoms. The smallest absolute Gasteiger partial charge is 0.114 e. The number of aliphatic hydroxyl groups is 1. The van der Waals surface area contributed by atoms with E-state index in [1.807, 2.05) is 13.8 Å². The van der Waals surface area contributed by atoms with Crippen molar-refractivity contribution in [1.29, 1.82) is 0 Å². The Bertz CT molecular complexity index is 175. The normalized spacial score (nSPS) is 15.0. The van der Waals surface area contributed by atoms with Crippen LogP contribution in [-0.2, 0) is 0 Å². The van der Waals surface area contributed by atoms with Crippen molar-refractivity contribution in [2.45, 2.75) is 32.9 Å². The zero-order chi connectivity index (χ0) is 10.9. The summed E-state index contributed by atoms with van der Waals surface area (Å²) in [5.74, 6) is 0. The first-order valence-electron chi connectivity index (χ1n) is 4.45. The van der Waals surface area contributed by atoms with Gasteiger partial charge in [0.2, 0.25) is 0 Å². The molecule has 1 atom stereocenters. The molecule has 2 nitrogen and oxygen atoms in total. The molecular weight excluding hydrogens is 162 g/mol. The molecule has 0 aromatic heterocycles. The summed E-state index contributed by atoms with van der Waals surface area (Å²) < 4.78 is 0. The van der Waals surface area contributed by atoms with E-state index in [2.05, 4.69) is 13.2 Å². The molecule has 0 saturated heterocycles. The van der Waals surface area contributed by atoms with E-state index in [1.165, 1.54) is 0 Å². The van der Waals surface area contributed by atoms with Crippen LogP contribution in [0.5, 0.6) is 0 Å². The SMILES string of the molecule is C=C/C=C(\C=C)CC(C)(N)O.CC. The van der Waals surface area contributed by atoms with E-state index < -0.39 is 5.72 Å². The Hall–Kier alpha value is -0.860. The van der Waals surface area contributed by atoms with Crippen LogP contribution in [0, 0.1) is 0 Å². The second kappa shape index (κ2) is 7.77. The maximum atomic E-state index is 9.20. The molecule has 0 spiro atoms. The monoisotopic (exact) mass is 183 g/mol. The van der Waals surface area contributed by atoms with Crippen LogP contribution < -0.4 is 5.73 Å². The Morgan fingerprint density at radius 3 is 2.15 bits per heavy atom. The summed E-state index contributed by atoms with van der Waals surface area (Å²) in [5, 5.41) is 9.20. The van der Waals surface area contributed by atoms with E-state index in [9.17, 15) is 5.11 Å². The molecule has 0 aliphatic rings. The zero-order valence-corrected chi connectivity index (χ0v) is 8.88. The summed E-state index contributed by atoms with van der Waals surface area (Å²) in [7, 11) is 0. The maximum Gasteiger partial charge on any atom is 0.114 e. The fourth-order valence-electron chi connectivity index (χ4n) is 0.764. The summed E-state index contributed by atoms with van der Waals surface area (Å²) >= 11 is 0. The summed E-state index contributed by atoms with van der Waals surface area (Å²) in [6.45, 7) is 12.7. The van der Waals surface area contributed by atoms with Gasteiger partial charge >= 0.3 is 0 Å². The lowest BCUT2D eigenvalue weighted by Gasteiger charge is -2.16. The topological polar surface area (TPSA) is 46.2 Å². The number of nitrogens with two attached hydrogens (primary N) is 1. The van der Waals surface area contributed by atoms with Gasteiger partial charge in [-0.05, 0) is 12.5 Å². The fraction of sp³-hybridized carbons (Fsp3) is 0.455. The molecule has 0 rings (SSSR count). The molecule has 2 heteroatoms. The minimum absolute atomic E-state index is 0.391. The van der Waals surface area contributed by atoms with Gasteiger partial charge in [-0.15, -0.1) is 0 Å². The molecule has 0 bridgehead atoms. The van der Waals surface area contributed by atoms with Crippen LogP contribution in [0.1, 0.15) is 27.2 Å². The van der Waals surface area contributed by atoms with Crippen molar-refractivity contribution in [3.05, 3.63) is 37.0 Å². The van der Waals surface area contributed by atoms with Gasteiger partial charge in [0.05, 0.1) is 0 Å². The third-order valence-corrected chi connectivity index (χ3v) is 1.16. The van der Waals surface area contributed by atoms with Gasteiger partial charge in [-0.2, -0.15) is 0 Å². The molecular formula is C11H21NO. The van der Waals surface area contributed by atoms with E-state index in [0.717, 1.165) is 5.57 Å². The van der Waals surface area contributed by atoms with Gasteiger partial charge in [-0.1, -0.05) is 45.2 Å². The largest absolute Gasteiger partial charge is 0.376 e. The Morgan fingerprint density at radius 1 is 1.46 bits per heavy atom. The molecule has 3 N–H and O–H groups in total. The number of hydrogen-bond donors (Lipinski definition) is 2. The molecule has 0 radical (unpaired) electrons. The van der Waals surface area contributed by atoms with Crippen LogP contribution in [0.25, 0.3) is 0 Å². The van der Waals surface area contributed by atoms with Gasteiger partial charge in [-0.3, -0.25) is 0 Å². The van der Waals surface area contributed by atoms with Crippen molar-refractivity contribution >= 4 is 0 Å². The van der Waals surface area contributed by atoms with Crippen LogP contribution in [0.3, 0.4) is 0 Å². The van der Waals surface area contributed by atoms with E-state index in [1.54, 1.807) is 25.2 Å². The molecule has 0 aromatic carbocycles. The van der Waals surface area contributed by atoms with Crippen molar-refractivity contribution in [2.75, 3.05) is 0 Å². The third-order valence-electron chi connectivity index (χ3n) is 1.16.